The number of aromatic nitrogens is 2. The summed E-state index contributed by atoms with van der Waals surface area (Å²) in [5.41, 5.74) is 1.13. The maximum Gasteiger partial charge on any atom is 0.271 e. The van der Waals surface area contributed by atoms with Gasteiger partial charge < -0.3 is 10.1 Å². The van der Waals surface area contributed by atoms with E-state index in [4.69, 9.17) is 16.3 Å². The third-order valence-electron chi connectivity index (χ3n) is 4.54. The van der Waals surface area contributed by atoms with E-state index in [0.29, 0.717) is 10.7 Å². The van der Waals surface area contributed by atoms with E-state index in [9.17, 15) is 9.59 Å². The molecule has 138 valence electrons. The predicted molar refractivity (Wildman–Crippen MR) is 100 cm³/mol. The number of amides is 1. The van der Waals surface area contributed by atoms with Gasteiger partial charge >= 0.3 is 0 Å². The Morgan fingerprint density at radius 1 is 1.31 bits per heavy atom. The van der Waals surface area contributed by atoms with Gasteiger partial charge in [-0.25, -0.2) is 0 Å². The Balaban J connectivity index is 1.77. The Labute approximate surface area is 157 Å². The van der Waals surface area contributed by atoms with Crippen LogP contribution in [0.2, 0.25) is 5.02 Å². The van der Waals surface area contributed by atoms with Crippen molar-refractivity contribution < 1.29 is 9.53 Å². The number of carbonyl (C=O) groups is 1. The van der Waals surface area contributed by atoms with E-state index in [1.54, 1.807) is 19.1 Å². The molecule has 1 aromatic carbocycles. The number of benzene rings is 1. The molecule has 1 saturated carbocycles. The van der Waals surface area contributed by atoms with Gasteiger partial charge in [-0.2, -0.15) is 4.68 Å². The molecule has 2 aromatic rings. The number of rotatable bonds is 5. The quantitative estimate of drug-likeness (QED) is 0.871. The minimum absolute atomic E-state index is 0.171. The van der Waals surface area contributed by atoms with E-state index in [-0.39, 0.29) is 23.4 Å². The number of hydrogen-bond donors (Lipinski definition) is 1. The third-order valence-corrected chi connectivity index (χ3v) is 4.78. The zero-order valence-corrected chi connectivity index (χ0v) is 15.6. The number of nitrogens with one attached hydrogen (secondary N) is 1. The van der Waals surface area contributed by atoms with Crippen LogP contribution in [0.15, 0.2) is 35.1 Å². The largest absolute Gasteiger partial charge is 0.464 e. The van der Waals surface area contributed by atoms with E-state index in [0.717, 1.165) is 31.2 Å². The van der Waals surface area contributed by atoms with Crippen LogP contribution in [-0.2, 0) is 4.79 Å². The number of carbonyl (C=O) groups excluding carboxylic acids is 1. The Bertz CT molecular complexity index is 859. The van der Waals surface area contributed by atoms with Crippen molar-refractivity contribution in [1.82, 2.24) is 15.1 Å². The second-order valence-corrected chi connectivity index (χ2v) is 7.04. The van der Waals surface area contributed by atoms with Gasteiger partial charge in [0.1, 0.15) is 0 Å². The van der Waals surface area contributed by atoms with Gasteiger partial charge in [-0.05, 0) is 44.4 Å². The molecule has 1 aliphatic rings. The van der Waals surface area contributed by atoms with Gasteiger partial charge in [0.2, 0.25) is 5.88 Å². The lowest BCUT2D eigenvalue weighted by Crippen LogP contribution is -2.41. The zero-order valence-electron chi connectivity index (χ0n) is 14.9. The highest BCUT2D eigenvalue weighted by Gasteiger charge is 2.22. The van der Waals surface area contributed by atoms with Crippen LogP contribution in [0.3, 0.4) is 0 Å². The first-order valence-corrected chi connectivity index (χ1v) is 9.16. The van der Waals surface area contributed by atoms with Crippen molar-refractivity contribution in [3.8, 4) is 11.6 Å². The SMILES string of the molecule is Cc1ccc(Cl)cc1-n1nc(OC(C)C(=O)NC2CCCC2)ccc1=O. The molecule has 1 N–H and O–H groups in total. The molecule has 1 aliphatic carbocycles. The van der Waals surface area contributed by atoms with Crippen molar-refractivity contribution in [1.29, 1.82) is 0 Å². The maximum atomic E-state index is 12.3. The Morgan fingerprint density at radius 3 is 2.77 bits per heavy atom. The molecule has 1 heterocycles. The van der Waals surface area contributed by atoms with E-state index >= 15 is 0 Å². The molecule has 6 nitrogen and oxygen atoms in total. The lowest BCUT2D eigenvalue weighted by molar-refractivity contribution is -0.128. The Hall–Kier alpha value is -2.34. The van der Waals surface area contributed by atoms with E-state index in [1.807, 2.05) is 13.0 Å². The molecule has 0 radical (unpaired) electrons. The van der Waals surface area contributed by atoms with Gasteiger partial charge in [-0.15, -0.1) is 5.10 Å². The average molecular weight is 376 g/mol. The first kappa shape index (κ1) is 18.5. The van der Waals surface area contributed by atoms with Gasteiger partial charge in [0.15, 0.2) is 6.10 Å². The minimum atomic E-state index is -0.700. The van der Waals surface area contributed by atoms with Crippen LogP contribution < -0.4 is 15.6 Å². The molecule has 0 saturated heterocycles. The number of ether oxygens (including phenoxy) is 1. The van der Waals surface area contributed by atoms with Crippen LogP contribution in [-0.4, -0.2) is 27.8 Å². The van der Waals surface area contributed by atoms with Gasteiger partial charge in [-0.1, -0.05) is 30.5 Å². The summed E-state index contributed by atoms with van der Waals surface area (Å²) >= 11 is 6.04. The molecule has 26 heavy (non-hydrogen) atoms. The summed E-state index contributed by atoms with van der Waals surface area (Å²) in [6.07, 6.45) is 3.61. The van der Waals surface area contributed by atoms with Crippen LogP contribution in [0.4, 0.5) is 0 Å². The van der Waals surface area contributed by atoms with Crippen molar-refractivity contribution in [2.75, 3.05) is 0 Å². The fourth-order valence-electron chi connectivity index (χ4n) is 3.06. The summed E-state index contributed by atoms with van der Waals surface area (Å²) in [7, 11) is 0. The standard InChI is InChI=1S/C19H22ClN3O3/c1-12-7-8-14(20)11-16(12)23-18(24)10-9-17(22-23)26-13(2)19(25)21-15-5-3-4-6-15/h7-11,13,15H,3-6H2,1-2H3,(H,21,25). The van der Waals surface area contributed by atoms with E-state index < -0.39 is 6.10 Å². The van der Waals surface area contributed by atoms with Gasteiger partial charge in [0.25, 0.3) is 11.5 Å². The molecule has 7 heteroatoms. The fourth-order valence-corrected chi connectivity index (χ4v) is 3.23. The highest BCUT2D eigenvalue weighted by atomic mass is 35.5. The van der Waals surface area contributed by atoms with Gasteiger partial charge in [0.05, 0.1) is 5.69 Å². The summed E-state index contributed by atoms with van der Waals surface area (Å²) in [5.74, 6) is 0.0356. The molecule has 1 unspecified atom stereocenters. The lowest BCUT2D eigenvalue weighted by Gasteiger charge is -2.18. The summed E-state index contributed by atoms with van der Waals surface area (Å²) in [6.45, 7) is 3.54. The third kappa shape index (κ3) is 4.25. The summed E-state index contributed by atoms with van der Waals surface area (Å²) in [5, 5.41) is 7.75. The zero-order chi connectivity index (χ0) is 18.7. The fraction of sp³-hybridized carbons (Fsp3) is 0.421. The second-order valence-electron chi connectivity index (χ2n) is 6.60. The van der Waals surface area contributed by atoms with Crippen molar-refractivity contribution in [2.45, 2.75) is 51.7 Å². The summed E-state index contributed by atoms with van der Waals surface area (Å²) < 4.78 is 6.89. The first-order chi connectivity index (χ1) is 12.4. The molecule has 3 rings (SSSR count). The summed E-state index contributed by atoms with van der Waals surface area (Å²) in [4.78, 5) is 24.5. The molecule has 1 fully saturated rings. The topological polar surface area (TPSA) is 73.2 Å². The van der Waals surface area contributed by atoms with Crippen LogP contribution in [0.5, 0.6) is 5.88 Å². The van der Waals surface area contributed by atoms with E-state index in [1.165, 1.54) is 16.8 Å². The van der Waals surface area contributed by atoms with Crippen LogP contribution in [0, 0.1) is 6.92 Å². The van der Waals surface area contributed by atoms with Crippen LogP contribution in [0.25, 0.3) is 5.69 Å². The molecule has 0 bridgehead atoms. The summed E-state index contributed by atoms with van der Waals surface area (Å²) in [6, 6.07) is 8.30. The minimum Gasteiger partial charge on any atom is -0.464 e. The predicted octanol–water partition coefficient (Wildman–Crippen LogP) is 3.02. The Kier molecular flexibility index (Phi) is 5.61. The molecule has 1 amide bonds. The van der Waals surface area contributed by atoms with Gasteiger partial charge in [-0.3, -0.25) is 9.59 Å². The number of hydrogen-bond acceptors (Lipinski definition) is 4. The smallest absolute Gasteiger partial charge is 0.271 e. The van der Waals surface area contributed by atoms with Crippen molar-refractivity contribution >= 4 is 17.5 Å². The normalized spacial score (nSPS) is 15.7. The second kappa shape index (κ2) is 7.91. The molecular formula is C19H22ClN3O3. The number of halogens is 1. The average Bonchev–Trinajstić information content (AvgIpc) is 3.12. The highest BCUT2D eigenvalue weighted by molar-refractivity contribution is 6.30. The molecule has 0 spiro atoms. The first-order valence-electron chi connectivity index (χ1n) is 8.78. The number of aryl methyl sites for hydroxylation is 1. The van der Waals surface area contributed by atoms with Crippen molar-refractivity contribution in [3.63, 3.8) is 0 Å². The van der Waals surface area contributed by atoms with Gasteiger partial charge in [0, 0.05) is 23.2 Å². The monoisotopic (exact) mass is 375 g/mol. The van der Waals surface area contributed by atoms with Crippen LogP contribution in [0.1, 0.15) is 38.2 Å². The molecule has 1 aromatic heterocycles. The molecule has 1 atom stereocenters. The maximum absolute atomic E-state index is 12.3. The van der Waals surface area contributed by atoms with Crippen LogP contribution >= 0.6 is 11.6 Å². The number of nitrogens with zero attached hydrogens (tertiary/aromatic N) is 2. The van der Waals surface area contributed by atoms with Crippen molar-refractivity contribution in [2.24, 2.45) is 0 Å². The van der Waals surface area contributed by atoms with E-state index in [2.05, 4.69) is 10.4 Å². The highest BCUT2D eigenvalue weighted by Crippen LogP contribution is 2.19. The Morgan fingerprint density at radius 2 is 2.04 bits per heavy atom. The molecule has 0 aliphatic heterocycles. The van der Waals surface area contributed by atoms with Crippen molar-refractivity contribution in [3.05, 3.63) is 51.3 Å². The molecular weight excluding hydrogens is 354 g/mol. The lowest BCUT2D eigenvalue weighted by atomic mass is 10.2.